The topological polar surface area (TPSA) is 100 Å². The summed E-state index contributed by atoms with van der Waals surface area (Å²) in [6.45, 7) is 1.24. The molecule has 0 amide bonds. The zero-order chi connectivity index (χ0) is 16.1. The van der Waals surface area contributed by atoms with Gasteiger partial charge < -0.3 is 9.84 Å². The molecule has 22 heavy (non-hydrogen) atoms. The molecule has 112 valence electrons. The number of nitriles is 1. The van der Waals surface area contributed by atoms with Crippen LogP contribution in [0.2, 0.25) is 0 Å². The molecule has 0 bridgehead atoms. The second-order valence-electron chi connectivity index (χ2n) is 4.48. The van der Waals surface area contributed by atoms with Gasteiger partial charge in [0.15, 0.2) is 18.3 Å². The Bertz CT molecular complexity index is 748. The van der Waals surface area contributed by atoms with Crippen molar-refractivity contribution in [2.45, 2.75) is 12.8 Å². The number of phenols is 1. The minimum absolute atomic E-state index is 0.0751. The Morgan fingerprint density at radius 3 is 2.86 bits per heavy atom. The van der Waals surface area contributed by atoms with E-state index >= 15 is 0 Å². The van der Waals surface area contributed by atoms with Gasteiger partial charge in [-0.2, -0.15) is 5.26 Å². The summed E-state index contributed by atoms with van der Waals surface area (Å²) in [4.78, 5) is 27.9. The van der Waals surface area contributed by atoms with E-state index in [4.69, 9.17) is 10.00 Å². The third-order valence-electron chi connectivity index (χ3n) is 2.76. The molecule has 1 aromatic carbocycles. The van der Waals surface area contributed by atoms with E-state index in [0.29, 0.717) is 5.01 Å². The Kier molecular flexibility index (Phi) is 4.86. The number of ketones is 1. The van der Waals surface area contributed by atoms with Crippen molar-refractivity contribution in [3.63, 3.8) is 0 Å². The molecule has 0 radical (unpaired) electrons. The SMILES string of the molecule is Cc1csc([C@@H](C#N)C(=O)COC(=O)c2cccc(O)c2)n1. The third-order valence-corrected chi connectivity index (χ3v) is 3.79. The van der Waals surface area contributed by atoms with Crippen LogP contribution in [0.1, 0.15) is 27.0 Å². The van der Waals surface area contributed by atoms with Gasteiger partial charge in [-0.15, -0.1) is 11.3 Å². The van der Waals surface area contributed by atoms with Crippen LogP contribution in [-0.2, 0) is 9.53 Å². The van der Waals surface area contributed by atoms with Crippen LogP contribution in [0.25, 0.3) is 0 Å². The van der Waals surface area contributed by atoms with E-state index in [9.17, 15) is 14.7 Å². The molecule has 6 nitrogen and oxygen atoms in total. The first-order valence-electron chi connectivity index (χ1n) is 6.31. The van der Waals surface area contributed by atoms with E-state index in [1.54, 1.807) is 12.3 Å². The van der Waals surface area contributed by atoms with Gasteiger partial charge in [0.25, 0.3) is 0 Å². The molecule has 1 heterocycles. The van der Waals surface area contributed by atoms with Gasteiger partial charge in [-0.1, -0.05) is 6.07 Å². The van der Waals surface area contributed by atoms with Crippen molar-refractivity contribution >= 4 is 23.1 Å². The number of esters is 1. The van der Waals surface area contributed by atoms with Crippen molar-refractivity contribution in [3.8, 4) is 11.8 Å². The van der Waals surface area contributed by atoms with E-state index in [1.165, 1.54) is 35.6 Å². The van der Waals surface area contributed by atoms with Crippen LogP contribution in [0, 0.1) is 18.3 Å². The Hall–Kier alpha value is -2.72. The van der Waals surface area contributed by atoms with Gasteiger partial charge in [0, 0.05) is 11.1 Å². The van der Waals surface area contributed by atoms with Gasteiger partial charge in [0.2, 0.25) is 0 Å². The number of rotatable bonds is 5. The van der Waals surface area contributed by atoms with Crippen LogP contribution >= 0.6 is 11.3 Å². The third kappa shape index (κ3) is 3.68. The monoisotopic (exact) mass is 316 g/mol. The highest BCUT2D eigenvalue weighted by molar-refractivity contribution is 7.09. The Morgan fingerprint density at radius 1 is 1.50 bits per heavy atom. The molecule has 0 saturated heterocycles. The first-order valence-corrected chi connectivity index (χ1v) is 7.19. The normalized spacial score (nSPS) is 11.5. The Balaban J connectivity index is 2.00. The van der Waals surface area contributed by atoms with Gasteiger partial charge in [-0.05, 0) is 25.1 Å². The molecule has 0 spiro atoms. The van der Waals surface area contributed by atoms with Crippen molar-refractivity contribution in [1.29, 1.82) is 5.26 Å². The van der Waals surface area contributed by atoms with Crippen molar-refractivity contribution in [2.24, 2.45) is 0 Å². The largest absolute Gasteiger partial charge is 0.508 e. The molecular formula is C15H12N2O4S. The number of benzene rings is 1. The van der Waals surface area contributed by atoms with Crippen LogP contribution in [0.15, 0.2) is 29.6 Å². The maximum Gasteiger partial charge on any atom is 0.338 e. The summed E-state index contributed by atoms with van der Waals surface area (Å²) < 4.78 is 4.88. The lowest BCUT2D eigenvalue weighted by Crippen LogP contribution is -2.19. The smallest absolute Gasteiger partial charge is 0.338 e. The van der Waals surface area contributed by atoms with Gasteiger partial charge >= 0.3 is 5.97 Å². The number of thiazole rings is 1. The van der Waals surface area contributed by atoms with Crippen LogP contribution in [0.4, 0.5) is 0 Å². The minimum Gasteiger partial charge on any atom is -0.508 e. The molecule has 1 N–H and O–H groups in total. The van der Waals surface area contributed by atoms with E-state index in [1.807, 2.05) is 6.07 Å². The Labute approximate surface area is 130 Å². The van der Waals surface area contributed by atoms with Gasteiger partial charge in [-0.3, -0.25) is 4.79 Å². The predicted octanol–water partition coefficient (Wildman–Crippen LogP) is 2.19. The number of ether oxygens (including phenoxy) is 1. The maximum atomic E-state index is 12.0. The van der Waals surface area contributed by atoms with Crippen LogP contribution in [-0.4, -0.2) is 28.4 Å². The number of aromatic hydroxyl groups is 1. The second-order valence-corrected chi connectivity index (χ2v) is 5.37. The first kappa shape index (κ1) is 15.7. The fourth-order valence-electron chi connectivity index (χ4n) is 1.71. The number of nitrogens with zero attached hydrogens (tertiary/aromatic N) is 2. The van der Waals surface area contributed by atoms with E-state index < -0.39 is 24.3 Å². The number of hydrogen-bond acceptors (Lipinski definition) is 7. The highest BCUT2D eigenvalue weighted by atomic mass is 32.1. The zero-order valence-electron chi connectivity index (χ0n) is 11.6. The summed E-state index contributed by atoms with van der Waals surface area (Å²) in [5, 5.41) is 20.5. The number of Topliss-reactive ketones (excluding diaryl/α,β-unsaturated/α-hetero) is 1. The molecule has 0 aliphatic heterocycles. The molecule has 0 unspecified atom stereocenters. The van der Waals surface area contributed by atoms with Gasteiger partial charge in [0.05, 0.1) is 11.6 Å². The molecule has 0 saturated carbocycles. The average Bonchev–Trinajstić information content (AvgIpc) is 2.91. The van der Waals surface area contributed by atoms with Crippen molar-refractivity contribution in [3.05, 3.63) is 45.9 Å². The lowest BCUT2D eigenvalue weighted by molar-refractivity contribution is -0.122. The van der Waals surface area contributed by atoms with E-state index in [2.05, 4.69) is 4.98 Å². The predicted molar refractivity (Wildman–Crippen MR) is 78.6 cm³/mol. The maximum absolute atomic E-state index is 12.0. The summed E-state index contributed by atoms with van der Waals surface area (Å²) in [5.74, 6) is -2.40. The van der Waals surface area contributed by atoms with E-state index in [0.717, 1.165) is 5.69 Å². The second kappa shape index (κ2) is 6.83. The summed E-state index contributed by atoms with van der Waals surface area (Å²) in [6.07, 6.45) is 0. The molecule has 7 heteroatoms. The molecular weight excluding hydrogens is 304 g/mol. The van der Waals surface area contributed by atoms with Gasteiger partial charge in [0.1, 0.15) is 10.8 Å². The number of aromatic nitrogens is 1. The molecule has 0 aliphatic carbocycles. The highest BCUT2D eigenvalue weighted by Crippen LogP contribution is 2.21. The zero-order valence-corrected chi connectivity index (χ0v) is 12.5. The fourth-order valence-corrected chi connectivity index (χ4v) is 2.57. The molecule has 1 aromatic heterocycles. The molecule has 0 aliphatic rings. The number of phenolic OH excluding ortho intramolecular Hbond substituents is 1. The highest BCUT2D eigenvalue weighted by Gasteiger charge is 2.24. The average molecular weight is 316 g/mol. The molecule has 2 aromatic rings. The first-order chi connectivity index (χ1) is 10.5. The fraction of sp³-hybridized carbons (Fsp3) is 0.200. The lowest BCUT2D eigenvalue weighted by Gasteiger charge is -2.07. The van der Waals surface area contributed by atoms with Gasteiger partial charge in [-0.25, -0.2) is 9.78 Å². The molecule has 2 rings (SSSR count). The van der Waals surface area contributed by atoms with Crippen LogP contribution < -0.4 is 0 Å². The Morgan fingerprint density at radius 2 is 2.27 bits per heavy atom. The minimum atomic E-state index is -1.05. The van der Waals surface area contributed by atoms with Crippen LogP contribution in [0.3, 0.4) is 0 Å². The number of hydrogen-bond donors (Lipinski definition) is 1. The summed E-state index contributed by atoms with van der Waals surface area (Å²) >= 11 is 1.22. The summed E-state index contributed by atoms with van der Waals surface area (Å²) in [6, 6.07) is 7.47. The number of aryl methyl sites for hydroxylation is 1. The van der Waals surface area contributed by atoms with Crippen molar-refractivity contribution in [1.82, 2.24) is 4.98 Å². The standard InChI is InChI=1S/C15H12N2O4S/c1-9-8-22-14(17-9)12(6-16)13(19)7-21-15(20)10-3-2-4-11(18)5-10/h2-5,8,12,18H,7H2,1H3/t12-/m0/s1. The summed E-state index contributed by atoms with van der Waals surface area (Å²) in [7, 11) is 0. The quantitative estimate of drug-likeness (QED) is 0.849. The van der Waals surface area contributed by atoms with E-state index in [-0.39, 0.29) is 11.3 Å². The lowest BCUT2D eigenvalue weighted by atomic mass is 10.1. The van der Waals surface area contributed by atoms with Crippen molar-refractivity contribution in [2.75, 3.05) is 6.61 Å². The molecule has 0 fully saturated rings. The molecule has 1 atom stereocenters. The number of carbonyl (C=O) groups excluding carboxylic acids is 2. The number of carbonyl (C=O) groups is 2. The van der Waals surface area contributed by atoms with Crippen LogP contribution in [0.5, 0.6) is 5.75 Å². The summed E-state index contributed by atoms with van der Waals surface area (Å²) in [5.41, 5.74) is 0.858. The van der Waals surface area contributed by atoms with Crippen molar-refractivity contribution < 1.29 is 19.4 Å².